The maximum absolute atomic E-state index is 14.4. The Bertz CT molecular complexity index is 982. The van der Waals surface area contributed by atoms with Gasteiger partial charge in [-0.25, -0.2) is 13.2 Å². The van der Waals surface area contributed by atoms with Crippen molar-refractivity contribution in [1.29, 1.82) is 0 Å². The van der Waals surface area contributed by atoms with Crippen molar-refractivity contribution in [3.63, 3.8) is 0 Å². The Labute approximate surface area is 170 Å². The second kappa shape index (κ2) is 8.13. The molecule has 0 unspecified atom stereocenters. The topological polar surface area (TPSA) is 105 Å². The van der Waals surface area contributed by atoms with Crippen molar-refractivity contribution in [2.24, 2.45) is 11.7 Å². The molecule has 1 aromatic heterocycles. The number of nitrogens with zero attached hydrogens (tertiary/aromatic N) is 2. The van der Waals surface area contributed by atoms with E-state index in [0.29, 0.717) is 5.56 Å². The number of aromatic nitrogens is 1. The summed E-state index contributed by atoms with van der Waals surface area (Å²) in [5.74, 6) is -7.67. The Balaban J connectivity index is 1.85. The quantitative estimate of drug-likeness (QED) is 0.745. The monoisotopic (exact) mass is 420 g/mol. The number of carbonyl (C=O) groups is 3. The Morgan fingerprint density at radius 3 is 2.50 bits per heavy atom. The van der Waals surface area contributed by atoms with E-state index in [2.05, 4.69) is 10.3 Å². The minimum absolute atomic E-state index is 0.0238. The molecule has 3 rings (SSSR count). The van der Waals surface area contributed by atoms with Gasteiger partial charge in [-0.3, -0.25) is 19.4 Å². The third-order valence-corrected chi connectivity index (χ3v) is 5.02. The molecule has 2 heterocycles. The summed E-state index contributed by atoms with van der Waals surface area (Å²) in [7, 11) is 0. The first-order valence-electron chi connectivity index (χ1n) is 9.08. The van der Waals surface area contributed by atoms with Crippen LogP contribution in [-0.2, 0) is 9.59 Å². The minimum atomic E-state index is -3.06. The minimum Gasteiger partial charge on any atom is -0.366 e. The van der Waals surface area contributed by atoms with Gasteiger partial charge >= 0.3 is 11.8 Å². The van der Waals surface area contributed by atoms with Crippen LogP contribution >= 0.6 is 0 Å². The van der Waals surface area contributed by atoms with Gasteiger partial charge in [0.1, 0.15) is 5.82 Å². The largest absolute Gasteiger partial charge is 0.366 e. The lowest BCUT2D eigenvalue weighted by molar-refractivity contribution is -0.159. The first-order chi connectivity index (χ1) is 14.1. The second-order valence-corrected chi connectivity index (χ2v) is 7.17. The molecular weight excluding hydrogens is 401 g/mol. The van der Waals surface area contributed by atoms with E-state index in [1.54, 1.807) is 0 Å². The van der Waals surface area contributed by atoms with E-state index in [0.717, 1.165) is 17.0 Å². The number of benzene rings is 1. The summed E-state index contributed by atoms with van der Waals surface area (Å²) in [5, 5.41) is 2.30. The SMILES string of the molecule is C[C@@H]1CN(C(=O)C(=O)Nc2cncc(C(N)=O)c2)[C@@H](c2ccc(F)cc2)CC1(F)F. The molecule has 1 fully saturated rings. The zero-order valence-electron chi connectivity index (χ0n) is 15.9. The smallest absolute Gasteiger partial charge is 0.313 e. The van der Waals surface area contributed by atoms with Gasteiger partial charge in [0.15, 0.2) is 0 Å². The van der Waals surface area contributed by atoms with E-state index < -0.39 is 47.8 Å². The number of hydrogen-bond donors (Lipinski definition) is 2. The molecule has 3 amide bonds. The van der Waals surface area contributed by atoms with Crippen molar-refractivity contribution in [1.82, 2.24) is 9.88 Å². The second-order valence-electron chi connectivity index (χ2n) is 7.17. The molecule has 0 spiro atoms. The number of primary amides is 1. The molecular formula is C20H19F3N4O3. The van der Waals surface area contributed by atoms with Crippen LogP contribution in [0.25, 0.3) is 0 Å². The first-order valence-corrected chi connectivity index (χ1v) is 9.08. The first kappa shape index (κ1) is 21.3. The highest BCUT2D eigenvalue weighted by atomic mass is 19.3. The van der Waals surface area contributed by atoms with E-state index in [1.165, 1.54) is 37.5 Å². The summed E-state index contributed by atoms with van der Waals surface area (Å²) in [5.41, 5.74) is 5.53. The average Bonchev–Trinajstić information content (AvgIpc) is 2.70. The summed E-state index contributed by atoms with van der Waals surface area (Å²) in [4.78, 5) is 41.4. The molecule has 0 aliphatic carbocycles. The van der Waals surface area contributed by atoms with Gasteiger partial charge in [0.25, 0.3) is 5.92 Å². The van der Waals surface area contributed by atoms with Crippen LogP contribution < -0.4 is 11.1 Å². The van der Waals surface area contributed by atoms with Gasteiger partial charge < -0.3 is 16.0 Å². The van der Waals surface area contributed by atoms with Crippen LogP contribution in [0.1, 0.15) is 35.3 Å². The number of halogens is 3. The number of pyridine rings is 1. The molecule has 10 heteroatoms. The third-order valence-electron chi connectivity index (χ3n) is 5.02. The Morgan fingerprint density at radius 2 is 1.87 bits per heavy atom. The van der Waals surface area contributed by atoms with Crippen molar-refractivity contribution in [3.05, 3.63) is 59.7 Å². The summed E-state index contributed by atoms with van der Waals surface area (Å²) in [6.45, 7) is 0.931. The van der Waals surface area contributed by atoms with Crippen LogP contribution in [0.4, 0.5) is 18.9 Å². The molecule has 1 aliphatic heterocycles. The van der Waals surface area contributed by atoms with Crippen LogP contribution in [0.15, 0.2) is 42.7 Å². The van der Waals surface area contributed by atoms with Gasteiger partial charge in [-0.1, -0.05) is 19.1 Å². The lowest BCUT2D eigenvalue weighted by atomic mass is 9.86. The maximum Gasteiger partial charge on any atom is 0.313 e. The fraction of sp³-hybridized carbons (Fsp3) is 0.300. The molecule has 0 radical (unpaired) electrons. The molecule has 158 valence electrons. The molecule has 7 nitrogen and oxygen atoms in total. The summed E-state index contributed by atoms with van der Waals surface area (Å²) in [6, 6.07) is 4.97. The van der Waals surface area contributed by atoms with Crippen LogP contribution in [0, 0.1) is 11.7 Å². The average molecular weight is 420 g/mol. The van der Waals surface area contributed by atoms with Gasteiger partial charge in [-0.05, 0) is 23.8 Å². The van der Waals surface area contributed by atoms with Crippen LogP contribution in [0.2, 0.25) is 0 Å². The standard InChI is InChI=1S/C20H19F3N4O3/c1-11-10-27(16(7-20(11,22)23)12-2-4-14(21)5-3-12)19(30)18(29)26-15-6-13(17(24)28)8-25-9-15/h2-6,8-9,11,16H,7,10H2,1H3,(H2,24,28)(H,26,29)/t11-,16-/m1/s1. The van der Waals surface area contributed by atoms with E-state index in [4.69, 9.17) is 5.73 Å². The number of alkyl halides is 2. The Hall–Kier alpha value is -3.43. The van der Waals surface area contributed by atoms with Crippen molar-refractivity contribution in [3.8, 4) is 0 Å². The molecule has 30 heavy (non-hydrogen) atoms. The van der Waals surface area contributed by atoms with E-state index in [9.17, 15) is 27.6 Å². The number of hydrogen-bond acceptors (Lipinski definition) is 4. The van der Waals surface area contributed by atoms with Gasteiger partial charge in [0, 0.05) is 25.1 Å². The van der Waals surface area contributed by atoms with E-state index in [1.807, 2.05) is 0 Å². The summed E-state index contributed by atoms with van der Waals surface area (Å²) < 4.78 is 42.0. The lowest BCUT2D eigenvalue weighted by Gasteiger charge is -2.42. The normalized spacial score (nSPS) is 20.5. The number of piperidine rings is 1. The zero-order chi connectivity index (χ0) is 22.1. The molecule has 1 aromatic carbocycles. The summed E-state index contributed by atoms with van der Waals surface area (Å²) in [6.07, 6.45) is 1.71. The number of amides is 3. The van der Waals surface area contributed by atoms with Crippen LogP contribution in [0.3, 0.4) is 0 Å². The Morgan fingerprint density at radius 1 is 1.20 bits per heavy atom. The van der Waals surface area contributed by atoms with Crippen molar-refractivity contribution < 1.29 is 27.6 Å². The highest BCUT2D eigenvalue weighted by Gasteiger charge is 2.48. The van der Waals surface area contributed by atoms with Crippen molar-refractivity contribution >= 4 is 23.4 Å². The van der Waals surface area contributed by atoms with E-state index >= 15 is 0 Å². The zero-order valence-corrected chi connectivity index (χ0v) is 15.9. The number of rotatable bonds is 3. The van der Waals surface area contributed by atoms with Gasteiger partial charge in [-0.2, -0.15) is 0 Å². The predicted molar refractivity (Wildman–Crippen MR) is 101 cm³/mol. The number of nitrogens with two attached hydrogens (primary N) is 1. The van der Waals surface area contributed by atoms with Gasteiger partial charge in [0.05, 0.1) is 23.5 Å². The van der Waals surface area contributed by atoms with Crippen molar-refractivity contribution in [2.45, 2.75) is 25.3 Å². The highest BCUT2D eigenvalue weighted by molar-refractivity contribution is 6.39. The van der Waals surface area contributed by atoms with Gasteiger partial charge in [-0.15, -0.1) is 0 Å². The lowest BCUT2D eigenvalue weighted by Crippen LogP contribution is -2.52. The molecule has 2 atom stereocenters. The fourth-order valence-corrected chi connectivity index (χ4v) is 3.29. The molecule has 3 N–H and O–H groups in total. The van der Waals surface area contributed by atoms with Crippen LogP contribution in [-0.4, -0.2) is 40.1 Å². The molecule has 0 bridgehead atoms. The van der Waals surface area contributed by atoms with Crippen LogP contribution in [0.5, 0.6) is 0 Å². The summed E-state index contributed by atoms with van der Waals surface area (Å²) >= 11 is 0. The molecule has 0 saturated carbocycles. The number of nitrogens with one attached hydrogen (secondary N) is 1. The maximum atomic E-state index is 14.4. The number of carbonyl (C=O) groups excluding carboxylic acids is 3. The molecule has 1 aliphatic rings. The predicted octanol–water partition coefficient (Wildman–Crippen LogP) is 2.50. The third kappa shape index (κ3) is 4.42. The molecule has 2 aromatic rings. The Kier molecular flexibility index (Phi) is 5.77. The van der Waals surface area contributed by atoms with Crippen molar-refractivity contribution in [2.75, 3.05) is 11.9 Å². The van der Waals surface area contributed by atoms with Gasteiger partial charge in [0.2, 0.25) is 5.91 Å². The molecule has 1 saturated heterocycles. The van der Waals surface area contributed by atoms with E-state index in [-0.39, 0.29) is 17.8 Å². The highest BCUT2D eigenvalue weighted by Crippen LogP contribution is 2.43. The fourth-order valence-electron chi connectivity index (χ4n) is 3.29. The number of likely N-dealkylation sites (tertiary alicyclic amines) is 1. The number of anilines is 1.